The van der Waals surface area contributed by atoms with Crippen molar-refractivity contribution < 1.29 is 19.4 Å². The molecular weight excluding hydrogens is 769 g/mol. The molecule has 2 rings (SSSR count). The van der Waals surface area contributed by atoms with Gasteiger partial charge >= 0.3 is 0 Å². The van der Waals surface area contributed by atoms with Crippen molar-refractivity contribution in [2.75, 3.05) is 39.6 Å². The molecule has 0 aromatic heterocycles. The van der Waals surface area contributed by atoms with E-state index in [-0.39, 0.29) is 25.2 Å². The zero-order chi connectivity index (χ0) is 46.9. The minimum absolute atomic E-state index is 0.167. The molecule has 1 saturated heterocycles. The number of aliphatic hydroxyl groups is 1. The molecule has 1 aromatic carbocycles. The molecule has 1 aliphatic rings. The molecule has 11 heteroatoms. The first-order chi connectivity index (χ1) is 28.5. The summed E-state index contributed by atoms with van der Waals surface area (Å²) in [6.45, 7) is 30.9. The van der Waals surface area contributed by atoms with Crippen LogP contribution in [0.1, 0.15) is 145 Å². The lowest BCUT2D eigenvalue weighted by Crippen LogP contribution is -2.40. The summed E-state index contributed by atoms with van der Waals surface area (Å²) in [5.41, 5.74) is 15.9. The number of nitrogen functional groups attached to an aromatic ring is 1. The quantitative estimate of drug-likeness (QED) is 0.0111. The highest BCUT2D eigenvalue weighted by molar-refractivity contribution is 8.16. The third-order valence-corrected chi connectivity index (χ3v) is 11.1. The van der Waals surface area contributed by atoms with Crippen molar-refractivity contribution in [2.45, 2.75) is 164 Å². The average Bonchev–Trinajstić information content (AvgIpc) is 3.21. The van der Waals surface area contributed by atoms with Gasteiger partial charge in [0.2, 0.25) is 6.41 Å². The fraction of sp³-hybridized carbons (Fsp3) is 0.694. The molecule has 0 radical (unpaired) electrons. The standard InChI is InChI=1S/C31H51N3O2S.C7H15N.C7H14.C2H6.CH5NO.CH3NO/c1-8-10-11-12-18-34(7)28(24(3)4)21-29(36-9-2)30(33)37-19-17-26(22-31(5,6)23-35)20-25-13-15-27(32)16-14-25;1-7-5-3-4-6-8(7)2;1-4-6-7(3)5-2;1-2;2*2-1-3/h9,13-17,19,23-24,26,28-29,33H,2,8,10-12,18,20-22,32H2,1,3-7H3;7H,3-6H2,1-2H3;4,7H,1,5-6H2,2-3H3;1-2H3;3H,1-2H2;1H,(H2,2,3)/b19-17+,33-30?;;;;;/t;2*7-;;;/m.00.../s1. The minimum atomic E-state index is -0.415. The molecule has 1 aliphatic heterocycles. The van der Waals surface area contributed by atoms with Gasteiger partial charge in [0.1, 0.15) is 17.4 Å². The molecule has 1 aromatic rings. The first kappa shape index (κ1) is 63.7. The molecule has 0 spiro atoms. The van der Waals surface area contributed by atoms with Crippen molar-refractivity contribution in [1.29, 1.82) is 5.41 Å². The predicted octanol–water partition coefficient (Wildman–Crippen LogP) is 10.8. The number of aldehydes is 1. The number of likely N-dealkylation sites (tertiary alicyclic amines) is 1. The van der Waals surface area contributed by atoms with Crippen LogP contribution in [0.2, 0.25) is 0 Å². The highest BCUT2D eigenvalue weighted by Gasteiger charge is 2.27. The Morgan fingerprint density at radius 2 is 1.68 bits per heavy atom. The van der Waals surface area contributed by atoms with Gasteiger partial charge in [-0.3, -0.25) is 10.2 Å². The molecule has 350 valence electrons. The molecule has 60 heavy (non-hydrogen) atoms. The Bertz CT molecular complexity index is 1190. The number of nitrogens with one attached hydrogen (secondary N) is 1. The molecule has 3 unspecified atom stereocenters. The van der Waals surface area contributed by atoms with Gasteiger partial charge in [-0.1, -0.05) is 137 Å². The molecule has 1 amide bonds. The number of aliphatic hydroxyl groups excluding tert-OH is 1. The summed E-state index contributed by atoms with van der Waals surface area (Å²) < 4.78 is 5.84. The summed E-state index contributed by atoms with van der Waals surface area (Å²) in [7, 11) is 4.40. The van der Waals surface area contributed by atoms with E-state index in [4.69, 9.17) is 25.8 Å². The molecule has 1 fully saturated rings. The fourth-order valence-electron chi connectivity index (χ4n) is 6.36. The van der Waals surface area contributed by atoms with Crippen LogP contribution in [-0.4, -0.2) is 84.7 Å². The van der Waals surface area contributed by atoms with Crippen LogP contribution < -0.4 is 17.2 Å². The predicted molar refractivity (Wildman–Crippen MR) is 265 cm³/mol. The van der Waals surface area contributed by atoms with Crippen molar-refractivity contribution in [3.05, 3.63) is 66.8 Å². The molecule has 0 aliphatic carbocycles. The van der Waals surface area contributed by atoms with Crippen molar-refractivity contribution in [1.82, 2.24) is 9.80 Å². The van der Waals surface area contributed by atoms with Crippen LogP contribution in [-0.2, 0) is 20.7 Å². The number of unbranched alkanes of at least 4 members (excludes halogenated alkanes) is 3. The van der Waals surface area contributed by atoms with E-state index in [1.807, 2.05) is 63.4 Å². The number of nitrogens with zero attached hydrogens (tertiary/aromatic N) is 2. The third-order valence-electron chi connectivity index (χ3n) is 10.2. The number of nitrogens with two attached hydrogens (primary N) is 3. The highest BCUT2D eigenvalue weighted by atomic mass is 32.2. The number of carbonyl (C=O) groups excluding carboxylic acids is 2. The molecule has 10 nitrogen and oxygen atoms in total. The smallest absolute Gasteiger partial charge is 0.204 e. The van der Waals surface area contributed by atoms with Crippen LogP contribution in [0.4, 0.5) is 5.69 Å². The lowest BCUT2D eigenvalue weighted by molar-refractivity contribution is -0.115. The van der Waals surface area contributed by atoms with Gasteiger partial charge in [-0.05, 0) is 113 Å². The number of thioether (sulfide) groups is 1. The van der Waals surface area contributed by atoms with Gasteiger partial charge in [-0.2, -0.15) is 0 Å². The summed E-state index contributed by atoms with van der Waals surface area (Å²) in [6.07, 6.45) is 20.5. The number of ether oxygens (including phenoxy) is 1. The number of allylic oxidation sites excluding steroid dienone is 2. The normalized spacial score (nSPS) is 15.6. The van der Waals surface area contributed by atoms with Crippen molar-refractivity contribution in [3.63, 3.8) is 0 Å². The van der Waals surface area contributed by atoms with Gasteiger partial charge in [-0.15, -0.1) is 6.58 Å². The molecule has 5 atom stereocenters. The molecular formula is C49H94N6O4S. The van der Waals surface area contributed by atoms with Crippen LogP contribution in [0.15, 0.2) is 61.2 Å². The molecule has 0 bridgehead atoms. The van der Waals surface area contributed by atoms with Crippen LogP contribution in [0, 0.1) is 28.6 Å². The summed E-state index contributed by atoms with van der Waals surface area (Å²) in [5, 5.41) is 18.6. The maximum absolute atomic E-state index is 11.6. The Morgan fingerprint density at radius 3 is 2.10 bits per heavy atom. The first-order valence-electron chi connectivity index (χ1n) is 22.4. The highest BCUT2D eigenvalue weighted by Crippen LogP contribution is 2.29. The number of primary amides is 1. The second-order valence-electron chi connectivity index (χ2n) is 16.4. The van der Waals surface area contributed by atoms with E-state index < -0.39 is 5.41 Å². The SMILES string of the molecule is C=CC[C@@H](C)CC.C=COC(CC(C(C)C)N(C)CCCCCC)C(=N)S/C=C/C(Cc1ccc(N)cc1)CC(C)(C)C=O.CC.C[C@H]1CCCCN1C.NC=O.NCO. The van der Waals surface area contributed by atoms with E-state index in [2.05, 4.69) is 96.1 Å². The van der Waals surface area contributed by atoms with Crippen molar-refractivity contribution in [3.8, 4) is 0 Å². The number of carbonyl (C=O) groups is 2. The lowest BCUT2D eigenvalue weighted by Gasteiger charge is -2.33. The van der Waals surface area contributed by atoms with Gasteiger partial charge in [0.05, 0.1) is 13.0 Å². The summed E-state index contributed by atoms with van der Waals surface area (Å²) in [6, 6.07) is 9.06. The van der Waals surface area contributed by atoms with E-state index >= 15 is 0 Å². The zero-order valence-corrected chi connectivity index (χ0v) is 41.3. The number of rotatable bonds is 22. The van der Waals surface area contributed by atoms with Crippen LogP contribution in [0.5, 0.6) is 0 Å². The number of amides is 1. The third kappa shape index (κ3) is 36.9. The Kier molecular flexibility index (Phi) is 45.3. The number of benzene rings is 1. The van der Waals surface area contributed by atoms with E-state index in [0.717, 1.165) is 56.2 Å². The van der Waals surface area contributed by atoms with Gasteiger partial charge in [-0.25, -0.2) is 0 Å². The number of hydrogen-bond acceptors (Lipinski definition) is 10. The van der Waals surface area contributed by atoms with Crippen molar-refractivity contribution in [2.24, 2.45) is 34.6 Å². The molecule has 8 N–H and O–H groups in total. The molecule has 1 heterocycles. The van der Waals surface area contributed by atoms with Crippen LogP contribution in [0.3, 0.4) is 0 Å². The maximum Gasteiger partial charge on any atom is 0.204 e. The topological polar surface area (TPSA) is 172 Å². The Hall–Kier alpha value is -2.96. The Balaban J connectivity index is -0.000000550. The summed E-state index contributed by atoms with van der Waals surface area (Å²) in [5.74, 6) is 1.45. The van der Waals surface area contributed by atoms with Gasteiger partial charge < -0.3 is 41.6 Å². The van der Waals surface area contributed by atoms with E-state index in [0.29, 0.717) is 17.0 Å². The van der Waals surface area contributed by atoms with Crippen LogP contribution in [0.25, 0.3) is 0 Å². The van der Waals surface area contributed by atoms with Gasteiger partial charge in [0.15, 0.2) is 0 Å². The number of hydrogen-bond donors (Lipinski definition) is 5. The van der Waals surface area contributed by atoms with E-state index in [9.17, 15) is 4.79 Å². The largest absolute Gasteiger partial charge is 0.492 e. The summed E-state index contributed by atoms with van der Waals surface area (Å²) in [4.78, 5) is 25.0. The van der Waals surface area contributed by atoms with E-state index in [1.165, 1.54) is 81.5 Å². The fourth-order valence-corrected chi connectivity index (χ4v) is 7.11. The molecule has 0 saturated carbocycles. The van der Waals surface area contributed by atoms with Gasteiger partial charge in [0.25, 0.3) is 0 Å². The summed E-state index contributed by atoms with van der Waals surface area (Å²) >= 11 is 1.39. The van der Waals surface area contributed by atoms with Gasteiger partial charge in [0, 0.05) is 29.6 Å². The maximum atomic E-state index is 11.6. The van der Waals surface area contributed by atoms with Crippen LogP contribution >= 0.6 is 11.8 Å². The number of piperidine rings is 1. The second kappa shape index (κ2) is 42.7. The Morgan fingerprint density at radius 1 is 1.10 bits per heavy atom. The monoisotopic (exact) mass is 863 g/mol. The average molecular weight is 863 g/mol. The first-order valence-corrected chi connectivity index (χ1v) is 23.3. The second-order valence-corrected chi connectivity index (χ2v) is 17.3. The van der Waals surface area contributed by atoms with Crippen molar-refractivity contribution >= 4 is 35.2 Å². The Labute approximate surface area is 374 Å². The number of anilines is 1. The zero-order valence-electron chi connectivity index (χ0n) is 40.5. The minimum Gasteiger partial charge on any atom is -0.492 e. The lowest BCUT2D eigenvalue weighted by atomic mass is 9.81. The van der Waals surface area contributed by atoms with E-state index in [1.54, 1.807) is 0 Å².